The molecule has 0 radical (unpaired) electrons. The van der Waals surface area contributed by atoms with Gasteiger partial charge in [0.05, 0.1) is 17.1 Å². The van der Waals surface area contributed by atoms with Crippen molar-refractivity contribution in [3.63, 3.8) is 0 Å². The number of nitrogens with zero attached hydrogens (tertiary/aromatic N) is 1. The summed E-state index contributed by atoms with van der Waals surface area (Å²) in [5.74, 6) is 0.164. The molecule has 4 nitrogen and oxygen atoms in total. The third kappa shape index (κ3) is 3.68. The number of thiazole rings is 1. The van der Waals surface area contributed by atoms with Crippen LogP contribution in [0.3, 0.4) is 0 Å². The molecule has 0 bridgehead atoms. The Balaban J connectivity index is 1.66. The average molecular weight is 395 g/mol. The van der Waals surface area contributed by atoms with Crippen LogP contribution in [0, 0.1) is 12.7 Å². The molecular weight excluding hydrogens is 383 g/mol. The van der Waals surface area contributed by atoms with E-state index in [0.717, 1.165) is 10.7 Å². The fourth-order valence-electron chi connectivity index (χ4n) is 2.02. The van der Waals surface area contributed by atoms with Crippen LogP contribution in [0.2, 0.25) is 0 Å². The lowest BCUT2D eigenvalue weighted by molar-refractivity contribution is 0.0944. The first-order chi connectivity index (χ1) is 11.0. The van der Waals surface area contributed by atoms with E-state index in [0.29, 0.717) is 16.0 Å². The third-order valence-electron chi connectivity index (χ3n) is 3.13. The molecule has 23 heavy (non-hydrogen) atoms. The third-order valence-corrected chi connectivity index (χ3v) is 4.40. The zero-order chi connectivity index (χ0) is 16.4. The SMILES string of the molecule is Cc1nc(-c2ccc(CNC(=O)c3ccc(Br)cc3F)o2)cs1. The summed E-state index contributed by atoms with van der Waals surface area (Å²) < 4.78 is 20.0. The van der Waals surface area contributed by atoms with Crippen molar-refractivity contribution < 1.29 is 13.6 Å². The standard InChI is InChI=1S/C16H12BrFN2O2S/c1-9-20-14(8-23-9)15-5-3-11(22-15)7-19-16(21)12-4-2-10(17)6-13(12)18/h2-6,8H,7H2,1H3,(H,19,21). The van der Waals surface area contributed by atoms with Gasteiger partial charge in [-0.05, 0) is 37.3 Å². The lowest BCUT2D eigenvalue weighted by Crippen LogP contribution is -2.23. The molecule has 1 amide bonds. The van der Waals surface area contributed by atoms with E-state index < -0.39 is 11.7 Å². The second kappa shape index (κ2) is 6.64. The van der Waals surface area contributed by atoms with E-state index in [1.54, 1.807) is 29.5 Å². The minimum atomic E-state index is -0.574. The normalized spacial score (nSPS) is 10.7. The van der Waals surface area contributed by atoms with Crippen molar-refractivity contribution in [2.75, 3.05) is 0 Å². The molecule has 0 spiro atoms. The fraction of sp³-hybridized carbons (Fsp3) is 0.125. The van der Waals surface area contributed by atoms with Gasteiger partial charge in [-0.15, -0.1) is 11.3 Å². The second-order valence-electron chi connectivity index (χ2n) is 4.82. The molecule has 2 aromatic heterocycles. The van der Waals surface area contributed by atoms with E-state index in [1.165, 1.54) is 12.1 Å². The van der Waals surface area contributed by atoms with E-state index in [9.17, 15) is 9.18 Å². The first-order valence-corrected chi connectivity index (χ1v) is 8.44. The Labute approximate surface area is 144 Å². The molecule has 2 heterocycles. The summed E-state index contributed by atoms with van der Waals surface area (Å²) in [5.41, 5.74) is 0.763. The summed E-state index contributed by atoms with van der Waals surface area (Å²) in [4.78, 5) is 16.4. The molecule has 0 aliphatic rings. The number of furan rings is 1. The number of hydrogen-bond acceptors (Lipinski definition) is 4. The van der Waals surface area contributed by atoms with E-state index in [4.69, 9.17) is 4.42 Å². The topological polar surface area (TPSA) is 55.1 Å². The van der Waals surface area contributed by atoms with Crippen molar-refractivity contribution in [1.82, 2.24) is 10.3 Å². The number of carbonyl (C=O) groups excluding carboxylic acids is 1. The predicted octanol–water partition coefficient (Wildman–Crippen LogP) is 4.54. The Morgan fingerprint density at radius 2 is 2.22 bits per heavy atom. The summed E-state index contributed by atoms with van der Waals surface area (Å²) in [6.07, 6.45) is 0. The molecule has 3 rings (SSSR count). The minimum Gasteiger partial charge on any atom is -0.458 e. The zero-order valence-electron chi connectivity index (χ0n) is 12.1. The number of aromatic nitrogens is 1. The summed E-state index contributed by atoms with van der Waals surface area (Å²) in [5, 5.41) is 5.51. The van der Waals surface area contributed by atoms with E-state index >= 15 is 0 Å². The van der Waals surface area contributed by atoms with Gasteiger partial charge in [0.2, 0.25) is 0 Å². The van der Waals surface area contributed by atoms with Gasteiger partial charge in [0.1, 0.15) is 17.3 Å². The van der Waals surface area contributed by atoms with Gasteiger partial charge in [0, 0.05) is 9.85 Å². The maximum Gasteiger partial charge on any atom is 0.254 e. The maximum absolute atomic E-state index is 13.7. The second-order valence-corrected chi connectivity index (χ2v) is 6.80. The highest BCUT2D eigenvalue weighted by atomic mass is 79.9. The molecule has 0 fully saturated rings. The summed E-state index contributed by atoms with van der Waals surface area (Å²) in [6, 6.07) is 7.87. The van der Waals surface area contributed by atoms with Crippen LogP contribution >= 0.6 is 27.3 Å². The molecule has 0 saturated heterocycles. The average Bonchev–Trinajstić information content (AvgIpc) is 3.13. The Bertz CT molecular complexity index is 859. The van der Waals surface area contributed by atoms with Crippen molar-refractivity contribution in [3.8, 4) is 11.5 Å². The molecular formula is C16H12BrFN2O2S. The molecule has 3 aromatic rings. The largest absolute Gasteiger partial charge is 0.458 e. The molecule has 0 atom stereocenters. The Morgan fingerprint density at radius 3 is 2.91 bits per heavy atom. The molecule has 0 aliphatic heterocycles. The Kier molecular flexibility index (Phi) is 4.58. The van der Waals surface area contributed by atoms with Crippen LogP contribution in [0.5, 0.6) is 0 Å². The Morgan fingerprint density at radius 1 is 1.39 bits per heavy atom. The number of halogens is 2. The van der Waals surface area contributed by atoms with Gasteiger partial charge in [-0.25, -0.2) is 9.37 Å². The molecule has 118 valence electrons. The van der Waals surface area contributed by atoms with Crippen molar-refractivity contribution in [2.45, 2.75) is 13.5 Å². The number of amides is 1. The molecule has 7 heteroatoms. The minimum absolute atomic E-state index is 0.00453. The molecule has 0 saturated carbocycles. The van der Waals surface area contributed by atoms with Gasteiger partial charge in [0.25, 0.3) is 5.91 Å². The quantitative estimate of drug-likeness (QED) is 0.706. The van der Waals surface area contributed by atoms with Crippen LogP contribution in [-0.2, 0) is 6.54 Å². The van der Waals surface area contributed by atoms with Crippen molar-refractivity contribution in [1.29, 1.82) is 0 Å². The van der Waals surface area contributed by atoms with Crippen molar-refractivity contribution in [3.05, 3.63) is 62.3 Å². The first-order valence-electron chi connectivity index (χ1n) is 6.77. The van der Waals surface area contributed by atoms with E-state index in [-0.39, 0.29) is 12.1 Å². The highest BCUT2D eigenvalue weighted by Crippen LogP contribution is 2.23. The van der Waals surface area contributed by atoms with Gasteiger partial charge in [0.15, 0.2) is 5.76 Å². The predicted molar refractivity (Wildman–Crippen MR) is 89.8 cm³/mol. The molecule has 1 N–H and O–H groups in total. The monoisotopic (exact) mass is 394 g/mol. The van der Waals surface area contributed by atoms with Gasteiger partial charge >= 0.3 is 0 Å². The highest BCUT2D eigenvalue weighted by Gasteiger charge is 2.13. The van der Waals surface area contributed by atoms with Gasteiger partial charge in [-0.1, -0.05) is 15.9 Å². The number of aryl methyl sites for hydroxylation is 1. The van der Waals surface area contributed by atoms with Crippen LogP contribution in [0.15, 0.2) is 44.6 Å². The van der Waals surface area contributed by atoms with Gasteiger partial charge < -0.3 is 9.73 Å². The lowest BCUT2D eigenvalue weighted by atomic mass is 10.2. The first kappa shape index (κ1) is 15.9. The fourth-order valence-corrected chi connectivity index (χ4v) is 2.96. The van der Waals surface area contributed by atoms with Crippen LogP contribution < -0.4 is 5.32 Å². The van der Waals surface area contributed by atoms with Crippen molar-refractivity contribution in [2.24, 2.45) is 0 Å². The zero-order valence-corrected chi connectivity index (χ0v) is 14.5. The van der Waals surface area contributed by atoms with E-state index in [1.807, 2.05) is 12.3 Å². The van der Waals surface area contributed by atoms with Crippen LogP contribution in [0.25, 0.3) is 11.5 Å². The van der Waals surface area contributed by atoms with Crippen LogP contribution in [0.1, 0.15) is 21.1 Å². The number of carbonyl (C=O) groups is 1. The van der Waals surface area contributed by atoms with Crippen LogP contribution in [-0.4, -0.2) is 10.9 Å². The summed E-state index contributed by atoms with van der Waals surface area (Å²) >= 11 is 4.70. The smallest absolute Gasteiger partial charge is 0.254 e. The number of nitrogens with one attached hydrogen (secondary N) is 1. The van der Waals surface area contributed by atoms with Gasteiger partial charge in [-0.2, -0.15) is 0 Å². The summed E-state index contributed by atoms with van der Waals surface area (Å²) in [7, 11) is 0. The summed E-state index contributed by atoms with van der Waals surface area (Å²) in [6.45, 7) is 2.10. The molecule has 0 aliphatic carbocycles. The molecule has 1 aromatic carbocycles. The number of benzene rings is 1. The number of rotatable bonds is 4. The van der Waals surface area contributed by atoms with Crippen molar-refractivity contribution >= 4 is 33.2 Å². The lowest BCUT2D eigenvalue weighted by Gasteiger charge is -2.05. The van der Waals surface area contributed by atoms with Crippen LogP contribution in [0.4, 0.5) is 4.39 Å². The van der Waals surface area contributed by atoms with Gasteiger partial charge in [-0.3, -0.25) is 4.79 Å². The number of hydrogen-bond donors (Lipinski definition) is 1. The van der Waals surface area contributed by atoms with E-state index in [2.05, 4.69) is 26.2 Å². The maximum atomic E-state index is 13.7. The molecule has 0 unspecified atom stereocenters. The highest BCUT2D eigenvalue weighted by molar-refractivity contribution is 9.10. The Hall–Kier alpha value is -1.99.